The predicted molar refractivity (Wildman–Crippen MR) is 39.5 cm³/mol. The second-order valence-electron chi connectivity index (χ2n) is 2.31. The van der Waals surface area contributed by atoms with Gasteiger partial charge in [0.1, 0.15) is 0 Å². The standard InChI is InChI=1S/C8H4F2N2/c9-5-3-7-8(4-6(5)10)12-2-1-11-7/h1-4H. The molecule has 2 nitrogen and oxygen atoms in total. The highest BCUT2D eigenvalue weighted by Crippen LogP contribution is 2.13. The van der Waals surface area contributed by atoms with Gasteiger partial charge in [-0.3, -0.25) is 9.97 Å². The van der Waals surface area contributed by atoms with Crippen LogP contribution in [-0.4, -0.2) is 9.97 Å². The predicted octanol–water partition coefficient (Wildman–Crippen LogP) is 1.91. The lowest BCUT2D eigenvalue weighted by atomic mass is 10.3. The van der Waals surface area contributed by atoms with Crippen molar-refractivity contribution >= 4 is 11.0 Å². The number of nitrogens with zero attached hydrogens (tertiary/aromatic N) is 2. The average molecular weight is 166 g/mol. The SMILES string of the molecule is Fc1cc2nccnc2cc1F. The van der Waals surface area contributed by atoms with Gasteiger partial charge in [0.15, 0.2) is 11.6 Å². The van der Waals surface area contributed by atoms with Crippen LogP contribution < -0.4 is 0 Å². The zero-order chi connectivity index (χ0) is 8.55. The molecule has 0 fully saturated rings. The first-order valence-corrected chi connectivity index (χ1v) is 3.33. The molecule has 0 spiro atoms. The number of fused-ring (bicyclic) bond motifs is 1. The van der Waals surface area contributed by atoms with Crippen LogP contribution in [-0.2, 0) is 0 Å². The fourth-order valence-electron chi connectivity index (χ4n) is 0.960. The summed E-state index contributed by atoms with van der Waals surface area (Å²) in [6.45, 7) is 0. The Labute approximate surface area is 66.9 Å². The van der Waals surface area contributed by atoms with Crippen molar-refractivity contribution in [3.63, 3.8) is 0 Å². The van der Waals surface area contributed by atoms with Gasteiger partial charge in [0.05, 0.1) is 11.0 Å². The van der Waals surface area contributed by atoms with Crippen LogP contribution in [0, 0.1) is 11.6 Å². The minimum absolute atomic E-state index is 0.358. The molecule has 2 aromatic rings. The molecule has 0 saturated carbocycles. The first-order valence-electron chi connectivity index (χ1n) is 3.33. The van der Waals surface area contributed by atoms with Crippen molar-refractivity contribution in [3.05, 3.63) is 36.2 Å². The lowest BCUT2D eigenvalue weighted by Gasteiger charge is -1.95. The van der Waals surface area contributed by atoms with Crippen LogP contribution in [0.25, 0.3) is 11.0 Å². The Morgan fingerprint density at radius 3 is 1.67 bits per heavy atom. The van der Waals surface area contributed by atoms with Gasteiger partial charge >= 0.3 is 0 Å². The van der Waals surface area contributed by atoms with E-state index in [1.165, 1.54) is 12.4 Å². The molecule has 60 valence electrons. The van der Waals surface area contributed by atoms with Crippen LogP contribution in [0.3, 0.4) is 0 Å². The molecule has 0 bridgehead atoms. The first-order chi connectivity index (χ1) is 5.77. The molecular formula is C8H4F2N2. The summed E-state index contributed by atoms with van der Waals surface area (Å²) in [4.78, 5) is 7.63. The molecule has 0 N–H and O–H groups in total. The Kier molecular flexibility index (Phi) is 1.46. The van der Waals surface area contributed by atoms with Gasteiger partial charge < -0.3 is 0 Å². The molecular weight excluding hydrogens is 162 g/mol. The molecule has 0 saturated heterocycles. The van der Waals surface area contributed by atoms with E-state index in [0.29, 0.717) is 11.0 Å². The van der Waals surface area contributed by atoms with Gasteiger partial charge in [0.25, 0.3) is 0 Å². The van der Waals surface area contributed by atoms with Crippen LogP contribution in [0.4, 0.5) is 8.78 Å². The Hall–Kier alpha value is -1.58. The van der Waals surface area contributed by atoms with Crippen LogP contribution in [0.1, 0.15) is 0 Å². The van der Waals surface area contributed by atoms with Crippen molar-refractivity contribution in [2.24, 2.45) is 0 Å². The van der Waals surface area contributed by atoms with E-state index >= 15 is 0 Å². The summed E-state index contributed by atoms with van der Waals surface area (Å²) in [5, 5.41) is 0. The van der Waals surface area contributed by atoms with Gasteiger partial charge in [-0.2, -0.15) is 0 Å². The molecule has 0 aliphatic carbocycles. The van der Waals surface area contributed by atoms with Gasteiger partial charge in [0.2, 0.25) is 0 Å². The molecule has 0 atom stereocenters. The largest absolute Gasteiger partial charge is 0.253 e. The summed E-state index contributed by atoms with van der Waals surface area (Å²) < 4.78 is 25.2. The van der Waals surface area contributed by atoms with E-state index in [-0.39, 0.29) is 0 Å². The number of hydrogen-bond donors (Lipinski definition) is 0. The summed E-state index contributed by atoms with van der Waals surface area (Å²) in [6.07, 6.45) is 2.86. The maximum Gasteiger partial charge on any atom is 0.161 e. The molecule has 1 aromatic carbocycles. The molecule has 0 radical (unpaired) electrons. The summed E-state index contributed by atoms with van der Waals surface area (Å²) >= 11 is 0. The zero-order valence-corrected chi connectivity index (χ0v) is 5.96. The number of halogens is 2. The van der Waals surface area contributed by atoms with Crippen molar-refractivity contribution in [1.29, 1.82) is 0 Å². The van der Waals surface area contributed by atoms with Crippen molar-refractivity contribution in [2.75, 3.05) is 0 Å². The molecule has 0 aliphatic rings. The fourth-order valence-corrected chi connectivity index (χ4v) is 0.960. The van der Waals surface area contributed by atoms with E-state index in [1.807, 2.05) is 0 Å². The third kappa shape index (κ3) is 1.01. The minimum Gasteiger partial charge on any atom is -0.253 e. The van der Waals surface area contributed by atoms with E-state index in [0.717, 1.165) is 12.1 Å². The highest BCUT2D eigenvalue weighted by molar-refractivity contribution is 5.73. The maximum atomic E-state index is 12.6. The fraction of sp³-hybridized carbons (Fsp3) is 0. The molecule has 0 amide bonds. The Balaban J connectivity index is 2.84. The molecule has 4 heteroatoms. The Bertz CT molecular complexity index is 388. The minimum atomic E-state index is -0.900. The smallest absolute Gasteiger partial charge is 0.161 e. The second-order valence-corrected chi connectivity index (χ2v) is 2.31. The van der Waals surface area contributed by atoms with E-state index < -0.39 is 11.6 Å². The Morgan fingerprint density at radius 1 is 0.833 bits per heavy atom. The molecule has 1 heterocycles. The monoisotopic (exact) mass is 166 g/mol. The maximum absolute atomic E-state index is 12.6. The average Bonchev–Trinajstić information content (AvgIpc) is 2.07. The molecule has 12 heavy (non-hydrogen) atoms. The van der Waals surface area contributed by atoms with E-state index in [9.17, 15) is 8.78 Å². The lowest BCUT2D eigenvalue weighted by molar-refractivity contribution is 0.510. The number of rotatable bonds is 0. The highest BCUT2D eigenvalue weighted by Gasteiger charge is 2.03. The third-order valence-electron chi connectivity index (χ3n) is 1.51. The second kappa shape index (κ2) is 2.48. The quantitative estimate of drug-likeness (QED) is 0.597. The van der Waals surface area contributed by atoms with Crippen LogP contribution in [0.2, 0.25) is 0 Å². The van der Waals surface area contributed by atoms with Crippen LogP contribution in [0.15, 0.2) is 24.5 Å². The van der Waals surface area contributed by atoms with E-state index in [1.54, 1.807) is 0 Å². The van der Waals surface area contributed by atoms with Gasteiger partial charge in [-0.1, -0.05) is 0 Å². The number of hydrogen-bond acceptors (Lipinski definition) is 2. The van der Waals surface area contributed by atoms with Crippen LogP contribution in [0.5, 0.6) is 0 Å². The summed E-state index contributed by atoms with van der Waals surface area (Å²) in [5.41, 5.74) is 0.716. The van der Waals surface area contributed by atoms with Crippen molar-refractivity contribution in [1.82, 2.24) is 9.97 Å². The first kappa shape index (κ1) is 7.09. The molecule has 2 rings (SSSR count). The lowest BCUT2D eigenvalue weighted by Crippen LogP contribution is -1.87. The van der Waals surface area contributed by atoms with Gasteiger partial charge in [0, 0.05) is 24.5 Å². The number of aromatic nitrogens is 2. The van der Waals surface area contributed by atoms with Crippen molar-refractivity contribution in [2.45, 2.75) is 0 Å². The summed E-state index contributed by atoms with van der Waals surface area (Å²) in [7, 11) is 0. The summed E-state index contributed by atoms with van der Waals surface area (Å²) in [6, 6.07) is 2.05. The molecule has 0 aliphatic heterocycles. The number of benzene rings is 1. The zero-order valence-electron chi connectivity index (χ0n) is 5.96. The summed E-state index contributed by atoms with van der Waals surface area (Å²) in [5.74, 6) is -1.80. The van der Waals surface area contributed by atoms with E-state index in [2.05, 4.69) is 9.97 Å². The van der Waals surface area contributed by atoms with Gasteiger partial charge in [-0.25, -0.2) is 8.78 Å². The van der Waals surface area contributed by atoms with Crippen molar-refractivity contribution in [3.8, 4) is 0 Å². The molecule has 1 aromatic heterocycles. The third-order valence-corrected chi connectivity index (χ3v) is 1.51. The van der Waals surface area contributed by atoms with Gasteiger partial charge in [-0.15, -0.1) is 0 Å². The van der Waals surface area contributed by atoms with E-state index in [4.69, 9.17) is 0 Å². The topological polar surface area (TPSA) is 25.8 Å². The highest BCUT2D eigenvalue weighted by atomic mass is 19.2. The van der Waals surface area contributed by atoms with Crippen molar-refractivity contribution < 1.29 is 8.78 Å². The normalized spacial score (nSPS) is 10.5. The van der Waals surface area contributed by atoms with Gasteiger partial charge in [-0.05, 0) is 0 Å². The van der Waals surface area contributed by atoms with Crippen LogP contribution >= 0.6 is 0 Å². The molecule has 0 unspecified atom stereocenters. The Morgan fingerprint density at radius 2 is 1.25 bits per heavy atom.